The minimum Gasteiger partial charge on any atom is -0.346 e. The Morgan fingerprint density at radius 3 is 2.00 bits per heavy atom. The summed E-state index contributed by atoms with van der Waals surface area (Å²) < 4.78 is 14.8. The van der Waals surface area contributed by atoms with E-state index >= 15 is 0 Å². The van der Waals surface area contributed by atoms with Crippen molar-refractivity contribution in [3.63, 3.8) is 0 Å². The predicted molar refractivity (Wildman–Crippen MR) is 43.2 cm³/mol. The van der Waals surface area contributed by atoms with Crippen LogP contribution in [0.1, 0.15) is 13.8 Å². The quantitative estimate of drug-likeness (QED) is 0.496. The van der Waals surface area contributed by atoms with E-state index in [0.29, 0.717) is 13.2 Å². The third kappa shape index (κ3) is 4.67. The largest absolute Gasteiger partial charge is 0.346 e. The van der Waals surface area contributed by atoms with Crippen LogP contribution in [0.25, 0.3) is 0 Å². The average molecular weight is 182 g/mol. The van der Waals surface area contributed by atoms with E-state index in [1.807, 2.05) is 13.8 Å². The molecule has 0 aliphatic carbocycles. The van der Waals surface area contributed by atoms with Gasteiger partial charge in [-0.2, -0.15) is 0 Å². The van der Waals surface area contributed by atoms with Crippen LogP contribution in [-0.4, -0.2) is 31.2 Å². The SMILES string of the molecule is CCOC(OCC)P(O)OC. The molecule has 0 amide bonds. The molecule has 0 heterocycles. The normalized spacial score (nSPS) is 13.9. The van der Waals surface area contributed by atoms with Crippen LogP contribution in [0.15, 0.2) is 0 Å². The summed E-state index contributed by atoms with van der Waals surface area (Å²) in [6, 6.07) is -0.606. The van der Waals surface area contributed by atoms with Crippen LogP contribution in [0.3, 0.4) is 0 Å². The van der Waals surface area contributed by atoms with E-state index in [1.165, 1.54) is 7.11 Å². The van der Waals surface area contributed by atoms with Crippen LogP contribution in [-0.2, 0) is 14.0 Å². The second-order valence-corrected chi connectivity index (χ2v) is 3.09. The molecule has 68 valence electrons. The standard InChI is InChI=1S/C6H15O4P/c1-4-9-6(10-5-2)11(7)8-3/h6-7H,4-5H2,1-3H3. The molecule has 0 radical (unpaired) electrons. The summed E-state index contributed by atoms with van der Waals surface area (Å²) in [6.07, 6.45) is 0. The fourth-order valence-corrected chi connectivity index (χ4v) is 1.27. The van der Waals surface area contributed by atoms with Gasteiger partial charge in [0.2, 0.25) is 14.4 Å². The minimum atomic E-state index is -1.60. The summed E-state index contributed by atoms with van der Waals surface area (Å²) in [6.45, 7) is 4.69. The smallest absolute Gasteiger partial charge is 0.228 e. The van der Waals surface area contributed by atoms with Crippen LogP contribution < -0.4 is 0 Å². The van der Waals surface area contributed by atoms with Gasteiger partial charge in [0.05, 0.1) is 0 Å². The topological polar surface area (TPSA) is 47.9 Å². The first-order chi connectivity index (χ1) is 5.26. The second-order valence-electron chi connectivity index (χ2n) is 1.70. The molecule has 1 atom stereocenters. The molecule has 4 nitrogen and oxygen atoms in total. The summed E-state index contributed by atoms with van der Waals surface area (Å²) in [7, 11) is -0.171. The van der Waals surface area contributed by atoms with Crippen molar-refractivity contribution in [3.05, 3.63) is 0 Å². The number of hydrogen-bond acceptors (Lipinski definition) is 4. The molecule has 1 N–H and O–H groups in total. The molecule has 0 spiro atoms. The van der Waals surface area contributed by atoms with Gasteiger partial charge in [-0.05, 0) is 13.8 Å². The molecule has 0 aliphatic rings. The summed E-state index contributed by atoms with van der Waals surface area (Å²) >= 11 is 0. The minimum absolute atomic E-state index is 0.507. The van der Waals surface area contributed by atoms with Gasteiger partial charge in [0.15, 0.2) is 0 Å². The number of hydrogen-bond donors (Lipinski definition) is 1. The van der Waals surface area contributed by atoms with Gasteiger partial charge in [-0.25, -0.2) is 0 Å². The van der Waals surface area contributed by atoms with Crippen molar-refractivity contribution in [2.75, 3.05) is 20.3 Å². The van der Waals surface area contributed by atoms with Gasteiger partial charge in [-0.15, -0.1) is 0 Å². The van der Waals surface area contributed by atoms with E-state index in [4.69, 9.17) is 9.47 Å². The molecule has 0 aromatic rings. The van der Waals surface area contributed by atoms with Gasteiger partial charge in [0.25, 0.3) is 0 Å². The average Bonchev–Trinajstić information content (AvgIpc) is 2.03. The first kappa shape index (κ1) is 11.3. The Labute approximate surface area is 68.4 Å². The van der Waals surface area contributed by atoms with Crippen LogP contribution in [0, 0.1) is 0 Å². The molecule has 0 aliphatic heterocycles. The Morgan fingerprint density at radius 2 is 1.73 bits per heavy atom. The lowest BCUT2D eigenvalue weighted by atomic mass is 10.9. The van der Waals surface area contributed by atoms with Gasteiger partial charge in [-0.3, -0.25) is 0 Å². The second kappa shape index (κ2) is 6.95. The maximum absolute atomic E-state index is 9.17. The van der Waals surface area contributed by atoms with Gasteiger partial charge in [0, 0.05) is 20.3 Å². The third-order valence-electron chi connectivity index (χ3n) is 0.986. The third-order valence-corrected chi connectivity index (χ3v) is 2.02. The number of rotatable bonds is 6. The summed E-state index contributed by atoms with van der Waals surface area (Å²) in [4.78, 5) is 9.17. The van der Waals surface area contributed by atoms with Gasteiger partial charge in [-0.1, -0.05) is 0 Å². The Bertz CT molecular complexity index is 84.7. The molecular formula is C6H15O4P. The van der Waals surface area contributed by atoms with E-state index in [-0.39, 0.29) is 0 Å². The fraction of sp³-hybridized carbons (Fsp3) is 1.00. The van der Waals surface area contributed by atoms with Crippen molar-refractivity contribution in [2.45, 2.75) is 19.9 Å². The van der Waals surface area contributed by atoms with E-state index in [2.05, 4.69) is 4.52 Å². The van der Waals surface area contributed by atoms with E-state index in [9.17, 15) is 4.89 Å². The molecule has 0 bridgehead atoms. The lowest BCUT2D eigenvalue weighted by Gasteiger charge is -2.19. The first-order valence-corrected chi connectivity index (χ1v) is 4.79. The predicted octanol–water partition coefficient (Wildman–Crippen LogP) is 1.29. The highest BCUT2D eigenvalue weighted by molar-refractivity contribution is 7.46. The maximum Gasteiger partial charge on any atom is 0.228 e. The molecule has 0 aromatic heterocycles. The van der Waals surface area contributed by atoms with E-state index < -0.39 is 14.4 Å². The highest BCUT2D eigenvalue weighted by Gasteiger charge is 2.19. The van der Waals surface area contributed by atoms with Crippen molar-refractivity contribution in [3.8, 4) is 0 Å². The van der Waals surface area contributed by atoms with Crippen molar-refractivity contribution in [1.29, 1.82) is 0 Å². The zero-order chi connectivity index (χ0) is 8.69. The van der Waals surface area contributed by atoms with Crippen molar-refractivity contribution in [2.24, 2.45) is 0 Å². The van der Waals surface area contributed by atoms with Crippen molar-refractivity contribution >= 4 is 8.38 Å². The highest BCUT2D eigenvalue weighted by Crippen LogP contribution is 2.37. The first-order valence-electron chi connectivity index (χ1n) is 3.51. The molecular weight excluding hydrogens is 167 g/mol. The summed E-state index contributed by atoms with van der Waals surface area (Å²) in [5, 5.41) is 0. The van der Waals surface area contributed by atoms with E-state index in [0.717, 1.165) is 0 Å². The Hall–Kier alpha value is 0.270. The van der Waals surface area contributed by atoms with E-state index in [1.54, 1.807) is 0 Å². The van der Waals surface area contributed by atoms with Crippen LogP contribution in [0.5, 0.6) is 0 Å². The molecule has 0 fully saturated rings. The molecule has 0 aromatic carbocycles. The van der Waals surface area contributed by atoms with Crippen LogP contribution >= 0.6 is 8.38 Å². The van der Waals surface area contributed by atoms with Gasteiger partial charge >= 0.3 is 0 Å². The molecule has 1 unspecified atom stereocenters. The number of ether oxygens (including phenoxy) is 2. The lowest BCUT2D eigenvalue weighted by molar-refractivity contribution is -0.0883. The monoisotopic (exact) mass is 182 g/mol. The van der Waals surface area contributed by atoms with Crippen LogP contribution in [0.4, 0.5) is 0 Å². The summed E-state index contributed by atoms with van der Waals surface area (Å²) in [5.41, 5.74) is 0. The zero-order valence-electron chi connectivity index (χ0n) is 7.11. The molecule has 11 heavy (non-hydrogen) atoms. The molecule has 0 rings (SSSR count). The molecule has 0 saturated carbocycles. The maximum atomic E-state index is 9.17. The lowest BCUT2D eigenvalue weighted by Crippen LogP contribution is -2.15. The zero-order valence-corrected chi connectivity index (χ0v) is 8.01. The van der Waals surface area contributed by atoms with Crippen molar-refractivity contribution in [1.82, 2.24) is 0 Å². The highest BCUT2D eigenvalue weighted by atomic mass is 31.2. The van der Waals surface area contributed by atoms with Crippen molar-refractivity contribution < 1.29 is 18.9 Å². The Balaban J connectivity index is 3.66. The molecule has 0 saturated heterocycles. The van der Waals surface area contributed by atoms with Gasteiger partial charge < -0.3 is 18.9 Å². The Morgan fingerprint density at radius 1 is 1.27 bits per heavy atom. The Kier molecular flexibility index (Phi) is 7.12. The van der Waals surface area contributed by atoms with Gasteiger partial charge in [0.1, 0.15) is 0 Å². The fourth-order valence-electron chi connectivity index (χ4n) is 0.547. The van der Waals surface area contributed by atoms with Crippen LogP contribution in [0.2, 0.25) is 0 Å². The molecule has 5 heteroatoms. The summed E-state index contributed by atoms with van der Waals surface area (Å²) in [5.74, 6) is 0.